The Labute approximate surface area is 107 Å². The second kappa shape index (κ2) is 4.79. The maximum atomic E-state index is 12.5. The zero-order chi connectivity index (χ0) is 14.0. The Balaban J connectivity index is 2.23. The fourth-order valence-electron chi connectivity index (χ4n) is 1.57. The third-order valence-electron chi connectivity index (χ3n) is 2.44. The van der Waals surface area contributed by atoms with E-state index < -0.39 is 11.9 Å². The highest BCUT2D eigenvalue weighted by Crippen LogP contribution is 2.32. The molecule has 1 aromatic carbocycles. The summed E-state index contributed by atoms with van der Waals surface area (Å²) in [4.78, 5) is 3.39. The molecule has 0 aliphatic carbocycles. The highest BCUT2D eigenvalue weighted by Gasteiger charge is 2.34. The van der Waals surface area contributed by atoms with Crippen LogP contribution < -0.4 is 10.5 Å². The van der Waals surface area contributed by atoms with Crippen molar-refractivity contribution in [2.75, 3.05) is 5.73 Å². The van der Waals surface area contributed by atoms with Crippen molar-refractivity contribution in [3.63, 3.8) is 0 Å². The number of anilines is 1. The number of halogens is 3. The largest absolute Gasteiger partial charge is 0.456 e. The van der Waals surface area contributed by atoms with Gasteiger partial charge in [-0.15, -0.1) is 0 Å². The van der Waals surface area contributed by atoms with Gasteiger partial charge in [-0.3, -0.25) is 0 Å². The minimum atomic E-state index is -4.45. The fourth-order valence-corrected chi connectivity index (χ4v) is 1.57. The second-order valence-corrected chi connectivity index (χ2v) is 4.01. The number of hydrogen-bond acceptors (Lipinski definition) is 3. The summed E-state index contributed by atoms with van der Waals surface area (Å²) < 4.78 is 43.0. The summed E-state index contributed by atoms with van der Waals surface area (Å²) >= 11 is 0. The van der Waals surface area contributed by atoms with Crippen LogP contribution in [-0.4, -0.2) is 4.98 Å². The number of hydrogen-bond donors (Lipinski definition) is 1. The molecular formula is C13H11F3N2O. The molecule has 0 bridgehead atoms. The molecule has 19 heavy (non-hydrogen) atoms. The average Bonchev–Trinajstić information content (AvgIpc) is 2.30. The number of ether oxygens (including phenoxy) is 1. The van der Waals surface area contributed by atoms with E-state index >= 15 is 0 Å². The van der Waals surface area contributed by atoms with Gasteiger partial charge in [0.05, 0.1) is 6.20 Å². The molecule has 0 spiro atoms. The predicted octanol–water partition coefficient (Wildman–Crippen LogP) is 3.78. The van der Waals surface area contributed by atoms with E-state index in [1.54, 1.807) is 24.3 Å². The van der Waals surface area contributed by atoms with E-state index in [1.807, 2.05) is 0 Å². The highest BCUT2D eigenvalue weighted by molar-refractivity contribution is 5.43. The highest BCUT2D eigenvalue weighted by atomic mass is 19.4. The fraction of sp³-hybridized carbons (Fsp3) is 0.154. The van der Waals surface area contributed by atoms with E-state index in [2.05, 4.69) is 4.98 Å². The molecule has 0 atom stereocenters. The van der Waals surface area contributed by atoms with Gasteiger partial charge in [0.15, 0.2) is 0 Å². The Morgan fingerprint density at radius 3 is 2.26 bits per heavy atom. The van der Waals surface area contributed by atoms with Crippen LogP contribution in [0.2, 0.25) is 0 Å². The van der Waals surface area contributed by atoms with E-state index in [-0.39, 0.29) is 11.3 Å². The first kappa shape index (κ1) is 13.2. The molecule has 2 N–H and O–H groups in total. The Morgan fingerprint density at radius 2 is 1.74 bits per heavy atom. The lowest BCUT2D eigenvalue weighted by atomic mass is 10.2. The van der Waals surface area contributed by atoms with Gasteiger partial charge < -0.3 is 10.5 Å². The van der Waals surface area contributed by atoms with Gasteiger partial charge in [0.25, 0.3) is 0 Å². The van der Waals surface area contributed by atoms with Gasteiger partial charge in [0.2, 0.25) is 0 Å². The van der Waals surface area contributed by atoms with Crippen molar-refractivity contribution in [2.24, 2.45) is 0 Å². The van der Waals surface area contributed by atoms with Crippen LogP contribution in [0.5, 0.6) is 11.5 Å². The first-order chi connectivity index (χ1) is 8.86. The Hall–Kier alpha value is -2.24. The molecule has 2 rings (SSSR count). The summed E-state index contributed by atoms with van der Waals surface area (Å²) in [6.07, 6.45) is -3.41. The van der Waals surface area contributed by atoms with Gasteiger partial charge in [0.1, 0.15) is 17.2 Å². The van der Waals surface area contributed by atoms with E-state index in [9.17, 15) is 13.2 Å². The minimum Gasteiger partial charge on any atom is -0.456 e. The third kappa shape index (κ3) is 3.15. The number of nitrogens with two attached hydrogens (primary N) is 1. The summed E-state index contributed by atoms with van der Waals surface area (Å²) in [5.41, 5.74) is 5.21. The number of benzene rings is 1. The van der Waals surface area contributed by atoms with Crippen molar-refractivity contribution in [3.05, 3.63) is 47.8 Å². The van der Waals surface area contributed by atoms with Crippen LogP contribution in [0, 0.1) is 6.92 Å². The Morgan fingerprint density at radius 1 is 1.11 bits per heavy atom. The number of rotatable bonds is 2. The van der Waals surface area contributed by atoms with Gasteiger partial charge >= 0.3 is 6.18 Å². The molecule has 0 aliphatic rings. The maximum absolute atomic E-state index is 12.5. The quantitative estimate of drug-likeness (QED) is 0.843. The van der Waals surface area contributed by atoms with Crippen molar-refractivity contribution in [3.8, 4) is 11.5 Å². The van der Waals surface area contributed by atoms with Crippen LogP contribution in [0.1, 0.15) is 11.3 Å². The molecule has 0 saturated heterocycles. The standard InChI is InChI=1S/C13H11F3N2O/c1-8-6-11(7-18-12(8)13(14,15)16)19-10-4-2-9(17)3-5-10/h2-7H,17H2,1H3. The van der Waals surface area contributed by atoms with Gasteiger partial charge in [-0.2, -0.15) is 13.2 Å². The molecule has 100 valence electrons. The lowest BCUT2D eigenvalue weighted by molar-refractivity contribution is -0.141. The summed E-state index contributed by atoms with van der Waals surface area (Å²) in [5, 5.41) is 0. The second-order valence-electron chi connectivity index (χ2n) is 4.01. The number of nitrogen functional groups attached to an aromatic ring is 1. The maximum Gasteiger partial charge on any atom is 0.433 e. The van der Waals surface area contributed by atoms with Crippen molar-refractivity contribution in [1.29, 1.82) is 0 Å². The average molecular weight is 268 g/mol. The molecular weight excluding hydrogens is 257 g/mol. The normalized spacial score (nSPS) is 11.4. The van der Waals surface area contributed by atoms with Crippen molar-refractivity contribution < 1.29 is 17.9 Å². The number of alkyl halides is 3. The summed E-state index contributed by atoms with van der Waals surface area (Å²) in [7, 11) is 0. The molecule has 0 radical (unpaired) electrons. The number of pyridine rings is 1. The Bertz CT molecular complexity index is 579. The van der Waals surface area contributed by atoms with Crippen LogP contribution in [0.3, 0.4) is 0 Å². The molecule has 0 fully saturated rings. The van der Waals surface area contributed by atoms with Gasteiger partial charge in [-0.05, 0) is 42.8 Å². The third-order valence-corrected chi connectivity index (χ3v) is 2.44. The topological polar surface area (TPSA) is 48.1 Å². The van der Waals surface area contributed by atoms with Crippen LogP contribution in [-0.2, 0) is 6.18 Å². The Kier molecular flexibility index (Phi) is 3.33. The summed E-state index contributed by atoms with van der Waals surface area (Å²) in [6, 6.07) is 7.83. The molecule has 1 aromatic heterocycles. The van der Waals surface area contributed by atoms with E-state index in [1.165, 1.54) is 13.0 Å². The van der Waals surface area contributed by atoms with E-state index in [4.69, 9.17) is 10.5 Å². The zero-order valence-electron chi connectivity index (χ0n) is 10.0. The molecule has 0 aliphatic heterocycles. The van der Waals surface area contributed by atoms with Crippen molar-refractivity contribution in [1.82, 2.24) is 4.98 Å². The van der Waals surface area contributed by atoms with E-state index in [0.29, 0.717) is 11.4 Å². The van der Waals surface area contributed by atoms with Crippen LogP contribution in [0.25, 0.3) is 0 Å². The van der Waals surface area contributed by atoms with Crippen LogP contribution in [0.4, 0.5) is 18.9 Å². The van der Waals surface area contributed by atoms with Gasteiger partial charge in [-0.1, -0.05) is 0 Å². The van der Waals surface area contributed by atoms with E-state index in [0.717, 1.165) is 6.20 Å². The van der Waals surface area contributed by atoms with Gasteiger partial charge in [-0.25, -0.2) is 4.98 Å². The molecule has 2 aromatic rings. The SMILES string of the molecule is Cc1cc(Oc2ccc(N)cc2)cnc1C(F)(F)F. The molecule has 0 amide bonds. The smallest absolute Gasteiger partial charge is 0.433 e. The van der Waals surface area contributed by atoms with Crippen molar-refractivity contribution >= 4 is 5.69 Å². The zero-order valence-corrected chi connectivity index (χ0v) is 10.0. The lowest BCUT2D eigenvalue weighted by Crippen LogP contribution is -2.10. The first-order valence-corrected chi connectivity index (χ1v) is 5.43. The monoisotopic (exact) mass is 268 g/mol. The minimum absolute atomic E-state index is 0.0143. The number of aromatic nitrogens is 1. The summed E-state index contributed by atoms with van der Waals surface area (Å²) in [6.45, 7) is 1.34. The summed E-state index contributed by atoms with van der Waals surface area (Å²) in [5.74, 6) is 0.727. The molecule has 3 nitrogen and oxygen atoms in total. The van der Waals surface area contributed by atoms with Crippen LogP contribution in [0.15, 0.2) is 36.5 Å². The lowest BCUT2D eigenvalue weighted by Gasteiger charge is -2.11. The molecule has 1 heterocycles. The van der Waals surface area contributed by atoms with Gasteiger partial charge in [0, 0.05) is 5.69 Å². The number of nitrogens with zero attached hydrogens (tertiary/aromatic N) is 1. The molecule has 0 saturated carbocycles. The first-order valence-electron chi connectivity index (χ1n) is 5.43. The molecule has 0 unspecified atom stereocenters. The molecule has 6 heteroatoms. The van der Waals surface area contributed by atoms with Crippen LogP contribution >= 0.6 is 0 Å². The number of aryl methyl sites for hydroxylation is 1. The van der Waals surface area contributed by atoms with Crippen molar-refractivity contribution in [2.45, 2.75) is 13.1 Å². The predicted molar refractivity (Wildman–Crippen MR) is 64.9 cm³/mol.